The highest BCUT2D eigenvalue weighted by molar-refractivity contribution is 5.93. The molecule has 0 atom stereocenters. The number of hydrogen-bond donors (Lipinski definition) is 2. The van der Waals surface area contributed by atoms with E-state index in [1.54, 1.807) is 12.4 Å². The zero-order valence-electron chi connectivity index (χ0n) is 9.00. The zero-order valence-corrected chi connectivity index (χ0v) is 9.00. The van der Waals surface area contributed by atoms with Crippen molar-refractivity contribution < 1.29 is 4.79 Å². The zero-order chi connectivity index (χ0) is 11.9. The fourth-order valence-corrected chi connectivity index (χ4v) is 1.22. The minimum Gasteiger partial charge on any atom is -0.287 e. The molecule has 1 amide bonds. The highest BCUT2D eigenvalue weighted by Crippen LogP contribution is 1.94. The van der Waals surface area contributed by atoms with Gasteiger partial charge >= 0.3 is 0 Å². The van der Waals surface area contributed by atoms with E-state index < -0.39 is 0 Å². The Kier molecular flexibility index (Phi) is 3.72. The van der Waals surface area contributed by atoms with E-state index in [2.05, 4.69) is 25.8 Å². The van der Waals surface area contributed by atoms with E-state index in [0.717, 1.165) is 5.56 Å². The number of hydrogen-bond acceptors (Lipinski definition) is 5. The second-order valence-corrected chi connectivity index (χ2v) is 3.30. The number of pyridine rings is 1. The van der Waals surface area contributed by atoms with Gasteiger partial charge in [-0.25, -0.2) is 15.4 Å². The number of aromatic nitrogens is 3. The molecule has 6 heteroatoms. The molecule has 0 aromatic carbocycles. The minimum absolute atomic E-state index is 0.269. The molecule has 0 unspecified atom stereocenters. The molecule has 0 spiro atoms. The monoisotopic (exact) mass is 229 g/mol. The molecule has 0 fully saturated rings. The van der Waals surface area contributed by atoms with Gasteiger partial charge in [0.05, 0.1) is 5.56 Å². The summed E-state index contributed by atoms with van der Waals surface area (Å²) in [5.41, 5.74) is 6.75. The van der Waals surface area contributed by atoms with Crippen LogP contribution in [0.5, 0.6) is 0 Å². The largest absolute Gasteiger partial charge is 0.287 e. The van der Waals surface area contributed by atoms with Crippen LogP contribution in [0, 0.1) is 0 Å². The lowest BCUT2D eigenvalue weighted by Crippen LogP contribution is -2.36. The van der Waals surface area contributed by atoms with Gasteiger partial charge < -0.3 is 0 Å². The Morgan fingerprint density at radius 1 is 1.18 bits per heavy atom. The molecule has 0 saturated carbocycles. The van der Waals surface area contributed by atoms with Gasteiger partial charge in [0, 0.05) is 31.3 Å². The molecular formula is C11H11N5O. The molecule has 0 bridgehead atoms. The molecule has 2 heterocycles. The maximum atomic E-state index is 11.6. The second kappa shape index (κ2) is 5.66. The van der Waals surface area contributed by atoms with Gasteiger partial charge in [-0.3, -0.25) is 15.2 Å². The van der Waals surface area contributed by atoms with Crippen molar-refractivity contribution in [2.24, 2.45) is 0 Å². The van der Waals surface area contributed by atoms with Crippen molar-refractivity contribution in [3.63, 3.8) is 0 Å². The van der Waals surface area contributed by atoms with Gasteiger partial charge in [0.15, 0.2) is 0 Å². The van der Waals surface area contributed by atoms with E-state index in [0.29, 0.717) is 12.1 Å². The molecule has 0 saturated heterocycles. The summed E-state index contributed by atoms with van der Waals surface area (Å²) in [5.74, 6) is -0.269. The maximum absolute atomic E-state index is 11.6. The number of nitrogens with one attached hydrogen (secondary N) is 2. The topological polar surface area (TPSA) is 79.8 Å². The minimum atomic E-state index is -0.269. The molecule has 2 rings (SSSR count). The van der Waals surface area contributed by atoms with Crippen LogP contribution in [0.1, 0.15) is 15.9 Å². The van der Waals surface area contributed by atoms with Gasteiger partial charge in [0.2, 0.25) is 0 Å². The molecule has 2 aromatic heterocycles. The van der Waals surface area contributed by atoms with Gasteiger partial charge in [-0.1, -0.05) is 6.07 Å². The van der Waals surface area contributed by atoms with Crippen LogP contribution in [0.15, 0.2) is 43.2 Å². The summed E-state index contributed by atoms with van der Waals surface area (Å²) in [5, 5.41) is 0. The summed E-state index contributed by atoms with van der Waals surface area (Å²) in [6.07, 6.45) is 7.70. The van der Waals surface area contributed by atoms with Crippen LogP contribution in [-0.2, 0) is 6.54 Å². The first-order valence-electron chi connectivity index (χ1n) is 5.03. The predicted octanol–water partition coefficient (Wildman–Crippen LogP) is 0.306. The van der Waals surface area contributed by atoms with E-state index in [1.807, 2.05) is 12.1 Å². The lowest BCUT2D eigenvalue weighted by Gasteiger charge is -2.06. The molecule has 17 heavy (non-hydrogen) atoms. The third-order valence-corrected chi connectivity index (χ3v) is 2.04. The van der Waals surface area contributed by atoms with Crippen LogP contribution >= 0.6 is 0 Å². The predicted molar refractivity (Wildman–Crippen MR) is 60.6 cm³/mol. The Labute approximate surface area is 98.1 Å². The van der Waals surface area contributed by atoms with E-state index in [4.69, 9.17) is 0 Å². The van der Waals surface area contributed by atoms with Gasteiger partial charge in [-0.2, -0.15) is 0 Å². The highest BCUT2D eigenvalue weighted by Gasteiger charge is 2.03. The Hall–Kier alpha value is -2.34. The van der Waals surface area contributed by atoms with Crippen molar-refractivity contribution in [1.29, 1.82) is 0 Å². The Balaban J connectivity index is 1.82. The highest BCUT2D eigenvalue weighted by atomic mass is 16.2. The molecule has 0 aliphatic carbocycles. The van der Waals surface area contributed by atoms with Gasteiger partial charge in [0.25, 0.3) is 5.91 Å². The average Bonchev–Trinajstić information content (AvgIpc) is 2.41. The Bertz CT molecular complexity index is 474. The summed E-state index contributed by atoms with van der Waals surface area (Å²) in [6.45, 7) is 0.507. The normalized spacial score (nSPS) is 9.88. The third kappa shape index (κ3) is 3.32. The van der Waals surface area contributed by atoms with Crippen LogP contribution in [0.25, 0.3) is 0 Å². The molecule has 86 valence electrons. The molecular weight excluding hydrogens is 218 g/mol. The molecule has 0 aliphatic rings. The molecule has 0 aliphatic heterocycles. The first kappa shape index (κ1) is 11.2. The number of hydrazine groups is 1. The number of rotatable bonds is 4. The van der Waals surface area contributed by atoms with E-state index in [9.17, 15) is 4.79 Å². The van der Waals surface area contributed by atoms with Crippen LogP contribution in [0.4, 0.5) is 0 Å². The maximum Gasteiger partial charge on any atom is 0.268 e. The molecule has 0 radical (unpaired) electrons. The Morgan fingerprint density at radius 2 is 2.00 bits per heavy atom. The Morgan fingerprint density at radius 3 is 2.71 bits per heavy atom. The first-order chi connectivity index (χ1) is 8.36. The summed E-state index contributed by atoms with van der Waals surface area (Å²) in [4.78, 5) is 23.1. The number of nitrogens with zero attached hydrogens (tertiary/aromatic N) is 3. The van der Waals surface area contributed by atoms with Crippen molar-refractivity contribution in [3.8, 4) is 0 Å². The third-order valence-electron chi connectivity index (χ3n) is 2.04. The van der Waals surface area contributed by atoms with Gasteiger partial charge in [-0.15, -0.1) is 0 Å². The SMILES string of the molecule is O=C(NNCc1cccnc1)c1cncnc1. The lowest BCUT2D eigenvalue weighted by molar-refractivity contribution is 0.0931. The smallest absolute Gasteiger partial charge is 0.268 e. The van der Waals surface area contributed by atoms with E-state index >= 15 is 0 Å². The van der Waals surface area contributed by atoms with Crippen LogP contribution in [0.2, 0.25) is 0 Å². The molecule has 2 aromatic rings. The van der Waals surface area contributed by atoms with Crippen molar-refractivity contribution in [2.75, 3.05) is 0 Å². The van der Waals surface area contributed by atoms with Crippen molar-refractivity contribution in [2.45, 2.75) is 6.54 Å². The summed E-state index contributed by atoms with van der Waals surface area (Å²) in [7, 11) is 0. The van der Waals surface area contributed by atoms with Crippen LogP contribution in [0.3, 0.4) is 0 Å². The molecule has 6 nitrogen and oxygen atoms in total. The summed E-state index contributed by atoms with van der Waals surface area (Å²) in [6, 6.07) is 3.75. The van der Waals surface area contributed by atoms with Crippen molar-refractivity contribution >= 4 is 5.91 Å². The van der Waals surface area contributed by atoms with Gasteiger partial charge in [-0.05, 0) is 11.6 Å². The standard InChI is InChI=1S/C11H11N5O/c17-11(10-6-13-8-14-7-10)16-15-5-9-2-1-3-12-4-9/h1-4,6-8,15H,5H2,(H,16,17). The van der Waals surface area contributed by atoms with Crippen LogP contribution in [-0.4, -0.2) is 20.9 Å². The summed E-state index contributed by atoms with van der Waals surface area (Å²) < 4.78 is 0. The fraction of sp³-hybridized carbons (Fsp3) is 0.0909. The number of carbonyl (C=O) groups excluding carboxylic acids is 1. The second-order valence-electron chi connectivity index (χ2n) is 3.30. The first-order valence-corrected chi connectivity index (χ1v) is 5.03. The van der Waals surface area contributed by atoms with E-state index in [1.165, 1.54) is 18.7 Å². The fourth-order valence-electron chi connectivity index (χ4n) is 1.22. The average molecular weight is 229 g/mol. The summed E-state index contributed by atoms with van der Waals surface area (Å²) >= 11 is 0. The molecule has 2 N–H and O–H groups in total. The van der Waals surface area contributed by atoms with Gasteiger partial charge in [0.1, 0.15) is 6.33 Å². The number of amides is 1. The lowest BCUT2D eigenvalue weighted by atomic mass is 10.3. The van der Waals surface area contributed by atoms with Crippen molar-refractivity contribution in [1.82, 2.24) is 25.8 Å². The van der Waals surface area contributed by atoms with E-state index in [-0.39, 0.29) is 5.91 Å². The van der Waals surface area contributed by atoms with Crippen LogP contribution < -0.4 is 10.9 Å². The van der Waals surface area contributed by atoms with Crippen molar-refractivity contribution in [3.05, 3.63) is 54.4 Å². The quantitative estimate of drug-likeness (QED) is 0.737. The number of carbonyl (C=O) groups is 1.